The van der Waals surface area contributed by atoms with Gasteiger partial charge in [-0.15, -0.1) is 11.3 Å². The minimum absolute atomic E-state index is 1.03. The van der Waals surface area contributed by atoms with Crippen LogP contribution in [0.5, 0.6) is 0 Å². The number of fused-ring (bicyclic) bond motifs is 1. The van der Waals surface area contributed by atoms with Gasteiger partial charge in [0, 0.05) is 9.75 Å². The van der Waals surface area contributed by atoms with Crippen molar-refractivity contribution in [3.63, 3.8) is 0 Å². The molecule has 0 nitrogen and oxygen atoms in total. The van der Waals surface area contributed by atoms with E-state index in [0.29, 0.717) is 0 Å². The van der Waals surface area contributed by atoms with E-state index in [2.05, 4.69) is 94.6 Å². The maximum atomic E-state index is 4.19. The molecule has 0 bridgehead atoms. The van der Waals surface area contributed by atoms with Gasteiger partial charge in [0.2, 0.25) is 0 Å². The van der Waals surface area contributed by atoms with Crippen LogP contribution in [-0.2, 0) is 0 Å². The number of aryl methyl sites for hydroxylation is 1. The van der Waals surface area contributed by atoms with E-state index in [0.717, 1.165) is 16.0 Å². The van der Waals surface area contributed by atoms with Gasteiger partial charge in [-0.2, -0.15) is 0 Å². The monoisotopic (exact) mass is 396 g/mol. The van der Waals surface area contributed by atoms with Crippen molar-refractivity contribution < 1.29 is 0 Å². The lowest BCUT2D eigenvalue weighted by Crippen LogP contribution is -2.24. The van der Waals surface area contributed by atoms with Crippen LogP contribution >= 0.6 is 11.3 Å². The number of thiophene rings is 1. The van der Waals surface area contributed by atoms with Crippen molar-refractivity contribution in [3.8, 4) is 10.4 Å². The van der Waals surface area contributed by atoms with Crippen molar-refractivity contribution in [2.75, 3.05) is 0 Å². The number of hydrogen-bond donors (Lipinski definition) is 0. The highest BCUT2D eigenvalue weighted by molar-refractivity contribution is 7.16. The summed E-state index contributed by atoms with van der Waals surface area (Å²) in [5.74, 6) is 0. The smallest absolute Gasteiger partial charge is 0.0384 e. The zero-order valence-electron chi connectivity index (χ0n) is 17.5. The maximum Gasteiger partial charge on any atom is 0.0384 e. The molecule has 0 aliphatic rings. The van der Waals surface area contributed by atoms with Gasteiger partial charge in [0.05, 0.1) is 0 Å². The minimum Gasteiger partial charge on any atom is -0.135 e. The van der Waals surface area contributed by atoms with E-state index in [1.54, 1.807) is 0 Å². The highest BCUT2D eigenvalue weighted by atomic mass is 32.1. The Bertz CT molecular complexity index is 1240. The third-order valence-electron chi connectivity index (χ3n) is 4.73. The molecule has 146 valence electrons. The standard InChI is InChI=1S/C25H20S.C3H8/c1-4-20(21-13-7-5-10-17(21)2)25-18(3)16-24(26-25)23-15-9-12-19-11-6-8-14-22(19)23;1-3-2/h4-16H,1-2H2,3H3;3H2,1-2H3/b21-20+;. The number of rotatable bonds is 3. The van der Waals surface area contributed by atoms with Crippen LogP contribution in [0.4, 0.5) is 0 Å². The SMILES string of the molecule is C=C/C(c1sc(-c2cccc3ccccc23)cc1C)=c1/ccccc1=C.CCC. The third-order valence-corrected chi connectivity index (χ3v) is 6.03. The molecule has 0 unspecified atom stereocenters. The first-order valence-corrected chi connectivity index (χ1v) is 10.9. The summed E-state index contributed by atoms with van der Waals surface area (Å²) in [7, 11) is 0. The summed E-state index contributed by atoms with van der Waals surface area (Å²) in [6.45, 7) is 14.7. The number of hydrogen-bond acceptors (Lipinski definition) is 1. The molecule has 0 fully saturated rings. The van der Waals surface area contributed by atoms with Crippen LogP contribution in [0.2, 0.25) is 0 Å². The fourth-order valence-corrected chi connectivity index (χ4v) is 4.70. The van der Waals surface area contributed by atoms with E-state index in [1.165, 1.54) is 38.1 Å². The van der Waals surface area contributed by atoms with Crippen molar-refractivity contribution in [2.45, 2.75) is 27.2 Å². The highest BCUT2D eigenvalue weighted by Crippen LogP contribution is 2.37. The van der Waals surface area contributed by atoms with E-state index < -0.39 is 0 Å². The van der Waals surface area contributed by atoms with Crippen LogP contribution in [0.25, 0.3) is 33.4 Å². The molecule has 0 aliphatic carbocycles. The summed E-state index contributed by atoms with van der Waals surface area (Å²) in [6.07, 6.45) is 3.20. The van der Waals surface area contributed by atoms with Gasteiger partial charge in [-0.3, -0.25) is 0 Å². The third kappa shape index (κ3) is 4.41. The lowest BCUT2D eigenvalue weighted by atomic mass is 10.0. The van der Waals surface area contributed by atoms with Gasteiger partial charge in [0.15, 0.2) is 0 Å². The second-order valence-corrected chi connectivity index (χ2v) is 8.18. The van der Waals surface area contributed by atoms with Crippen LogP contribution in [0.1, 0.15) is 30.7 Å². The summed E-state index contributed by atoms with van der Waals surface area (Å²) in [5, 5.41) is 4.74. The van der Waals surface area contributed by atoms with Crippen molar-refractivity contribution >= 4 is 34.3 Å². The van der Waals surface area contributed by atoms with Gasteiger partial charge in [-0.25, -0.2) is 0 Å². The number of benzene rings is 3. The molecule has 0 radical (unpaired) electrons. The molecule has 4 rings (SSSR count). The first-order chi connectivity index (χ1) is 14.1. The normalized spacial score (nSPS) is 11.6. The van der Waals surface area contributed by atoms with Crippen LogP contribution in [0.15, 0.2) is 85.5 Å². The van der Waals surface area contributed by atoms with Crippen LogP contribution in [0.3, 0.4) is 0 Å². The minimum atomic E-state index is 1.03. The largest absolute Gasteiger partial charge is 0.135 e. The van der Waals surface area contributed by atoms with Crippen molar-refractivity contribution in [1.29, 1.82) is 0 Å². The van der Waals surface area contributed by atoms with E-state index in [9.17, 15) is 0 Å². The predicted octanol–water partition coefficient (Wildman–Crippen LogP) is 7.09. The summed E-state index contributed by atoms with van der Waals surface area (Å²) >= 11 is 1.83. The Hall–Kier alpha value is -2.90. The lowest BCUT2D eigenvalue weighted by molar-refractivity contribution is 1.09. The topological polar surface area (TPSA) is 0 Å². The van der Waals surface area contributed by atoms with Crippen molar-refractivity contribution in [3.05, 3.63) is 106 Å². The fraction of sp³-hybridized carbons (Fsp3) is 0.143. The second kappa shape index (κ2) is 9.54. The van der Waals surface area contributed by atoms with Gasteiger partial charge >= 0.3 is 0 Å². The zero-order valence-corrected chi connectivity index (χ0v) is 18.4. The Labute approximate surface area is 178 Å². The molecule has 0 atom stereocenters. The molecule has 3 aromatic carbocycles. The second-order valence-electron chi connectivity index (χ2n) is 7.13. The molecule has 0 saturated carbocycles. The maximum absolute atomic E-state index is 4.19. The Kier molecular flexibility index (Phi) is 6.85. The molecule has 1 heterocycles. The molecule has 1 heteroatoms. The van der Waals surface area contributed by atoms with E-state index in [4.69, 9.17) is 0 Å². The summed E-state index contributed by atoms with van der Waals surface area (Å²) in [6, 6.07) is 25.6. The van der Waals surface area contributed by atoms with E-state index in [1.807, 2.05) is 29.5 Å². The summed E-state index contributed by atoms with van der Waals surface area (Å²) in [5.41, 5.74) is 3.72. The highest BCUT2D eigenvalue weighted by Gasteiger charge is 2.12. The zero-order chi connectivity index (χ0) is 20.8. The van der Waals surface area contributed by atoms with E-state index in [-0.39, 0.29) is 0 Å². The average molecular weight is 397 g/mol. The number of allylic oxidation sites excluding steroid dienone is 1. The van der Waals surface area contributed by atoms with Gasteiger partial charge < -0.3 is 0 Å². The Morgan fingerprint density at radius 2 is 1.59 bits per heavy atom. The Morgan fingerprint density at radius 3 is 2.31 bits per heavy atom. The molecule has 0 saturated heterocycles. The van der Waals surface area contributed by atoms with Gasteiger partial charge in [-0.1, -0.05) is 106 Å². The molecule has 0 N–H and O–H groups in total. The summed E-state index contributed by atoms with van der Waals surface area (Å²) < 4.78 is 0. The Balaban J connectivity index is 0.000000755. The fourth-order valence-electron chi connectivity index (χ4n) is 3.43. The molecular formula is C28H28S. The Morgan fingerprint density at radius 1 is 0.931 bits per heavy atom. The quantitative estimate of drug-likeness (QED) is 0.347. The van der Waals surface area contributed by atoms with Crippen molar-refractivity contribution in [2.24, 2.45) is 0 Å². The molecular weight excluding hydrogens is 368 g/mol. The van der Waals surface area contributed by atoms with Crippen LogP contribution in [0, 0.1) is 6.92 Å². The first kappa shape index (κ1) is 20.8. The van der Waals surface area contributed by atoms with Gasteiger partial charge in [-0.05, 0) is 50.9 Å². The molecule has 29 heavy (non-hydrogen) atoms. The first-order valence-electron chi connectivity index (χ1n) is 10.1. The lowest BCUT2D eigenvalue weighted by Gasteiger charge is -2.04. The van der Waals surface area contributed by atoms with Gasteiger partial charge in [0.25, 0.3) is 0 Å². The van der Waals surface area contributed by atoms with Gasteiger partial charge in [0.1, 0.15) is 0 Å². The van der Waals surface area contributed by atoms with Crippen LogP contribution in [-0.4, -0.2) is 0 Å². The van der Waals surface area contributed by atoms with Crippen LogP contribution < -0.4 is 10.4 Å². The predicted molar refractivity (Wildman–Crippen MR) is 132 cm³/mol. The molecule has 0 spiro atoms. The van der Waals surface area contributed by atoms with Crippen molar-refractivity contribution in [1.82, 2.24) is 0 Å². The molecule has 1 aromatic heterocycles. The molecule has 4 aromatic rings. The average Bonchev–Trinajstić information content (AvgIpc) is 3.11. The van der Waals surface area contributed by atoms with E-state index >= 15 is 0 Å². The summed E-state index contributed by atoms with van der Waals surface area (Å²) in [4.78, 5) is 2.55. The molecule has 0 amide bonds. The molecule has 0 aliphatic heterocycles.